The average molecular weight is 313 g/mol. The zero-order valence-electron chi connectivity index (χ0n) is 10.4. The monoisotopic (exact) mass is 312 g/mol. The fraction of sp³-hybridized carbons (Fsp3) is 0.538. The highest BCUT2D eigenvalue weighted by molar-refractivity contribution is 9.10. The molecule has 0 heterocycles. The minimum atomic E-state index is -0.358. The Kier molecular flexibility index (Phi) is 4.02. The van der Waals surface area contributed by atoms with Crippen LogP contribution in [0.3, 0.4) is 0 Å². The molecule has 5 heteroatoms. The van der Waals surface area contributed by atoms with Crippen LogP contribution in [-0.2, 0) is 6.54 Å². The van der Waals surface area contributed by atoms with Crippen molar-refractivity contribution in [2.24, 2.45) is 5.41 Å². The summed E-state index contributed by atoms with van der Waals surface area (Å²) in [5, 5.41) is 14.2. The third-order valence-electron chi connectivity index (χ3n) is 3.69. The number of nitro groups is 1. The predicted molar refractivity (Wildman–Crippen MR) is 74.5 cm³/mol. The van der Waals surface area contributed by atoms with E-state index in [9.17, 15) is 10.1 Å². The van der Waals surface area contributed by atoms with Crippen molar-refractivity contribution in [3.8, 4) is 0 Å². The first-order valence-corrected chi connectivity index (χ1v) is 6.98. The number of benzene rings is 1. The second-order valence-corrected chi connectivity index (χ2v) is 5.95. The van der Waals surface area contributed by atoms with E-state index in [-0.39, 0.29) is 10.6 Å². The minimum absolute atomic E-state index is 0.137. The number of hydrogen-bond acceptors (Lipinski definition) is 3. The lowest BCUT2D eigenvalue weighted by Gasteiger charge is -2.13. The standard InChI is InChI=1S/C13H17BrN2O2/c1-2-13(3-4-13)9-15-8-10-5-11(14)7-12(6-10)16(17)18/h5-7,15H,2-4,8-9H2,1H3. The molecule has 1 fully saturated rings. The van der Waals surface area contributed by atoms with E-state index in [4.69, 9.17) is 0 Å². The van der Waals surface area contributed by atoms with Crippen molar-refractivity contribution in [1.29, 1.82) is 0 Å². The molecule has 0 radical (unpaired) electrons. The summed E-state index contributed by atoms with van der Waals surface area (Å²) in [5.41, 5.74) is 1.58. The number of halogens is 1. The van der Waals surface area contributed by atoms with Gasteiger partial charge in [0.15, 0.2) is 0 Å². The maximum atomic E-state index is 10.8. The first-order valence-electron chi connectivity index (χ1n) is 6.19. The molecule has 0 atom stereocenters. The highest BCUT2D eigenvalue weighted by Gasteiger charge is 2.39. The Morgan fingerprint density at radius 2 is 2.17 bits per heavy atom. The lowest BCUT2D eigenvalue weighted by atomic mass is 10.0. The lowest BCUT2D eigenvalue weighted by molar-refractivity contribution is -0.385. The Balaban J connectivity index is 1.94. The van der Waals surface area contributed by atoms with E-state index in [1.54, 1.807) is 6.07 Å². The first kappa shape index (κ1) is 13.5. The first-order chi connectivity index (χ1) is 8.54. The summed E-state index contributed by atoms with van der Waals surface area (Å²) in [6, 6.07) is 5.08. The van der Waals surface area contributed by atoms with E-state index < -0.39 is 0 Å². The van der Waals surface area contributed by atoms with E-state index in [2.05, 4.69) is 28.2 Å². The van der Waals surface area contributed by atoms with E-state index >= 15 is 0 Å². The summed E-state index contributed by atoms with van der Waals surface area (Å²) >= 11 is 3.31. The van der Waals surface area contributed by atoms with Crippen molar-refractivity contribution in [3.05, 3.63) is 38.3 Å². The van der Waals surface area contributed by atoms with Gasteiger partial charge in [-0.3, -0.25) is 10.1 Å². The van der Waals surface area contributed by atoms with Gasteiger partial charge in [-0.05, 0) is 36.3 Å². The molecule has 0 aliphatic heterocycles. The molecule has 0 spiro atoms. The minimum Gasteiger partial charge on any atom is -0.312 e. The third-order valence-corrected chi connectivity index (χ3v) is 4.15. The smallest absolute Gasteiger partial charge is 0.270 e. The Bertz CT molecular complexity index is 458. The predicted octanol–water partition coefficient (Wildman–Crippen LogP) is 3.64. The van der Waals surface area contributed by atoms with Crippen molar-refractivity contribution in [2.45, 2.75) is 32.7 Å². The normalized spacial score (nSPS) is 16.6. The molecule has 0 unspecified atom stereocenters. The molecule has 0 aromatic heterocycles. The van der Waals surface area contributed by atoms with Crippen LogP contribution in [0, 0.1) is 15.5 Å². The zero-order valence-corrected chi connectivity index (χ0v) is 12.0. The Morgan fingerprint density at radius 3 is 2.72 bits per heavy atom. The molecule has 98 valence electrons. The van der Waals surface area contributed by atoms with Crippen molar-refractivity contribution in [3.63, 3.8) is 0 Å². The van der Waals surface area contributed by atoms with E-state index in [1.165, 1.54) is 25.3 Å². The lowest BCUT2D eigenvalue weighted by Crippen LogP contribution is -2.23. The van der Waals surface area contributed by atoms with Crippen molar-refractivity contribution >= 4 is 21.6 Å². The van der Waals surface area contributed by atoms with Crippen molar-refractivity contribution in [2.75, 3.05) is 6.54 Å². The second kappa shape index (κ2) is 5.36. The molecule has 0 saturated heterocycles. The quantitative estimate of drug-likeness (QED) is 0.644. The van der Waals surface area contributed by atoms with Gasteiger partial charge in [0.1, 0.15) is 0 Å². The summed E-state index contributed by atoms with van der Waals surface area (Å²) < 4.78 is 0.755. The van der Waals surface area contributed by atoms with Crippen LogP contribution in [0.2, 0.25) is 0 Å². The molecule has 1 aliphatic rings. The van der Waals surface area contributed by atoms with Gasteiger partial charge >= 0.3 is 0 Å². The molecular formula is C13H17BrN2O2. The Labute approximate surface area is 115 Å². The van der Waals surface area contributed by atoms with Gasteiger partial charge in [0.05, 0.1) is 4.92 Å². The number of nitro benzene ring substituents is 1. The molecule has 1 N–H and O–H groups in total. The van der Waals surface area contributed by atoms with Crippen molar-refractivity contribution in [1.82, 2.24) is 5.32 Å². The SMILES string of the molecule is CCC1(CNCc2cc(Br)cc([N+](=O)[O-])c2)CC1. The number of nitrogens with one attached hydrogen (secondary N) is 1. The van der Waals surface area contributed by atoms with Gasteiger partial charge in [0, 0.05) is 29.7 Å². The van der Waals surface area contributed by atoms with Crippen LogP contribution >= 0.6 is 15.9 Å². The fourth-order valence-corrected chi connectivity index (χ4v) is 2.67. The topological polar surface area (TPSA) is 55.2 Å². The van der Waals surface area contributed by atoms with Gasteiger partial charge < -0.3 is 5.32 Å². The maximum Gasteiger partial charge on any atom is 0.270 e. The average Bonchev–Trinajstić information content (AvgIpc) is 3.09. The van der Waals surface area contributed by atoms with Crippen LogP contribution in [0.4, 0.5) is 5.69 Å². The van der Waals surface area contributed by atoms with E-state index in [1.807, 2.05) is 6.07 Å². The van der Waals surface area contributed by atoms with Gasteiger partial charge in [-0.25, -0.2) is 0 Å². The number of rotatable bonds is 6. The van der Waals surface area contributed by atoms with Crippen LogP contribution in [0.25, 0.3) is 0 Å². The van der Waals surface area contributed by atoms with Crippen LogP contribution in [-0.4, -0.2) is 11.5 Å². The largest absolute Gasteiger partial charge is 0.312 e. The molecule has 1 aliphatic carbocycles. The molecule has 0 amide bonds. The zero-order chi connectivity index (χ0) is 13.2. The Morgan fingerprint density at radius 1 is 1.44 bits per heavy atom. The second-order valence-electron chi connectivity index (χ2n) is 5.03. The third kappa shape index (κ3) is 3.29. The van der Waals surface area contributed by atoms with E-state index in [0.29, 0.717) is 12.0 Å². The summed E-state index contributed by atoms with van der Waals surface area (Å²) in [6.07, 6.45) is 3.81. The fourth-order valence-electron chi connectivity index (χ4n) is 2.14. The number of hydrogen-bond donors (Lipinski definition) is 1. The van der Waals surface area contributed by atoms with Gasteiger partial charge in [0.2, 0.25) is 0 Å². The molecule has 1 aromatic rings. The van der Waals surface area contributed by atoms with Gasteiger partial charge in [-0.1, -0.05) is 22.9 Å². The molecule has 1 aromatic carbocycles. The highest BCUT2D eigenvalue weighted by Crippen LogP contribution is 2.47. The van der Waals surface area contributed by atoms with Crippen molar-refractivity contribution < 1.29 is 4.92 Å². The highest BCUT2D eigenvalue weighted by atomic mass is 79.9. The van der Waals surface area contributed by atoms with Crippen LogP contribution < -0.4 is 5.32 Å². The van der Waals surface area contributed by atoms with Gasteiger partial charge in [0.25, 0.3) is 5.69 Å². The molecular weight excluding hydrogens is 296 g/mol. The number of non-ortho nitro benzene ring substituents is 1. The maximum absolute atomic E-state index is 10.8. The molecule has 18 heavy (non-hydrogen) atoms. The van der Waals surface area contributed by atoms with Crippen LogP contribution in [0.15, 0.2) is 22.7 Å². The molecule has 4 nitrogen and oxygen atoms in total. The molecule has 1 saturated carbocycles. The molecule has 2 rings (SSSR count). The van der Waals surface area contributed by atoms with Crippen LogP contribution in [0.5, 0.6) is 0 Å². The summed E-state index contributed by atoms with van der Waals surface area (Å²) in [4.78, 5) is 10.4. The summed E-state index contributed by atoms with van der Waals surface area (Å²) in [6.45, 7) is 3.91. The Hall–Kier alpha value is -0.940. The summed E-state index contributed by atoms with van der Waals surface area (Å²) in [5.74, 6) is 0. The number of nitrogens with zero attached hydrogens (tertiary/aromatic N) is 1. The van der Waals surface area contributed by atoms with Gasteiger partial charge in [-0.15, -0.1) is 0 Å². The molecule has 0 bridgehead atoms. The van der Waals surface area contributed by atoms with E-state index in [0.717, 1.165) is 16.6 Å². The summed E-state index contributed by atoms with van der Waals surface area (Å²) in [7, 11) is 0. The van der Waals surface area contributed by atoms with Crippen LogP contribution in [0.1, 0.15) is 31.7 Å². The van der Waals surface area contributed by atoms with Gasteiger partial charge in [-0.2, -0.15) is 0 Å².